The Labute approximate surface area is 173 Å². The van der Waals surface area contributed by atoms with Gasteiger partial charge in [-0.3, -0.25) is 4.90 Å². The molecule has 0 amide bonds. The van der Waals surface area contributed by atoms with Crippen molar-refractivity contribution in [2.75, 3.05) is 32.7 Å². The predicted octanol–water partition coefficient (Wildman–Crippen LogP) is 3.00. The zero-order chi connectivity index (χ0) is 17.4. The fourth-order valence-electron chi connectivity index (χ4n) is 3.09. The van der Waals surface area contributed by atoms with E-state index in [-0.39, 0.29) is 24.0 Å². The van der Waals surface area contributed by atoms with E-state index >= 15 is 0 Å². The molecule has 7 heteroatoms. The Bertz CT molecular complexity index is 501. The molecule has 2 unspecified atom stereocenters. The van der Waals surface area contributed by atoms with E-state index in [1.54, 1.807) is 11.3 Å². The summed E-state index contributed by atoms with van der Waals surface area (Å²) in [5, 5.41) is 19.4. The minimum absolute atomic E-state index is 0. The van der Waals surface area contributed by atoms with E-state index in [4.69, 9.17) is 0 Å². The maximum atomic E-state index is 10.6. The number of nitrogens with zero attached hydrogens (tertiary/aromatic N) is 2. The van der Waals surface area contributed by atoms with Crippen LogP contribution in [0.1, 0.15) is 44.9 Å². The second-order valence-electron chi connectivity index (χ2n) is 6.63. The lowest BCUT2D eigenvalue weighted by Gasteiger charge is -2.27. The molecule has 0 radical (unpaired) electrons. The maximum Gasteiger partial charge on any atom is 0.191 e. The first-order valence-electron chi connectivity index (χ1n) is 9.09. The molecule has 5 nitrogen and oxygen atoms in total. The molecule has 3 N–H and O–H groups in total. The van der Waals surface area contributed by atoms with Gasteiger partial charge in [-0.25, -0.2) is 4.99 Å². The van der Waals surface area contributed by atoms with Crippen molar-refractivity contribution in [1.29, 1.82) is 0 Å². The van der Waals surface area contributed by atoms with Crippen molar-refractivity contribution in [1.82, 2.24) is 15.5 Å². The Morgan fingerprint density at radius 3 is 2.64 bits per heavy atom. The quantitative estimate of drug-likeness (QED) is 0.304. The fraction of sp³-hybridized carbons (Fsp3) is 0.722. The Balaban J connectivity index is 0.00000312. The van der Waals surface area contributed by atoms with Crippen molar-refractivity contribution < 1.29 is 5.11 Å². The van der Waals surface area contributed by atoms with Gasteiger partial charge in [-0.15, -0.1) is 35.3 Å². The second-order valence-corrected chi connectivity index (χ2v) is 7.58. The highest BCUT2D eigenvalue weighted by molar-refractivity contribution is 14.0. The Morgan fingerprint density at radius 1 is 1.36 bits per heavy atom. The summed E-state index contributed by atoms with van der Waals surface area (Å²) in [6, 6.07) is 4.47. The Kier molecular flexibility index (Phi) is 10.3. The van der Waals surface area contributed by atoms with Crippen LogP contribution in [0.5, 0.6) is 0 Å². The highest BCUT2D eigenvalue weighted by Gasteiger charge is 2.24. The normalized spacial score (nSPS) is 19.1. The molecule has 2 atom stereocenters. The van der Waals surface area contributed by atoms with E-state index in [0.717, 1.165) is 30.3 Å². The average molecular weight is 480 g/mol. The molecule has 2 heterocycles. The molecule has 0 bridgehead atoms. The summed E-state index contributed by atoms with van der Waals surface area (Å²) in [7, 11) is 0. The van der Waals surface area contributed by atoms with Crippen LogP contribution in [0, 0.1) is 0 Å². The summed E-state index contributed by atoms with van der Waals surface area (Å²) in [5.41, 5.74) is -0.921. The molecule has 0 aromatic carbocycles. The van der Waals surface area contributed by atoms with Crippen molar-refractivity contribution in [3.63, 3.8) is 0 Å². The molecule has 1 saturated heterocycles. The van der Waals surface area contributed by atoms with E-state index in [0.29, 0.717) is 12.6 Å². The van der Waals surface area contributed by atoms with E-state index < -0.39 is 5.60 Å². The molecule has 0 aliphatic carbocycles. The van der Waals surface area contributed by atoms with E-state index in [9.17, 15) is 5.11 Å². The lowest BCUT2D eigenvalue weighted by atomic mass is 10.1. The number of halogens is 1. The number of thiophene rings is 1. The van der Waals surface area contributed by atoms with Gasteiger partial charge in [-0.1, -0.05) is 13.0 Å². The lowest BCUT2D eigenvalue weighted by Crippen LogP contribution is -2.46. The third-order valence-corrected chi connectivity index (χ3v) is 5.70. The predicted molar refractivity (Wildman–Crippen MR) is 118 cm³/mol. The van der Waals surface area contributed by atoms with E-state index in [1.807, 2.05) is 24.4 Å². The van der Waals surface area contributed by atoms with Crippen LogP contribution in [0.4, 0.5) is 0 Å². The van der Waals surface area contributed by atoms with Crippen molar-refractivity contribution >= 4 is 41.3 Å². The maximum absolute atomic E-state index is 10.6. The van der Waals surface area contributed by atoms with Crippen LogP contribution in [0.25, 0.3) is 0 Å². The summed E-state index contributed by atoms with van der Waals surface area (Å²) < 4.78 is 0. The number of aliphatic hydroxyl groups is 1. The molecule has 1 fully saturated rings. The lowest BCUT2D eigenvalue weighted by molar-refractivity contribution is 0.0711. The molecule has 144 valence electrons. The van der Waals surface area contributed by atoms with Crippen LogP contribution in [0.15, 0.2) is 22.5 Å². The third kappa shape index (κ3) is 7.03. The molecule has 25 heavy (non-hydrogen) atoms. The monoisotopic (exact) mass is 480 g/mol. The number of rotatable bonds is 8. The minimum atomic E-state index is -0.921. The first-order chi connectivity index (χ1) is 11.6. The Hall–Kier alpha value is -0.380. The number of guanidine groups is 1. The zero-order valence-corrected chi connectivity index (χ0v) is 18.8. The van der Waals surface area contributed by atoms with Crippen LogP contribution in [-0.4, -0.2) is 54.7 Å². The summed E-state index contributed by atoms with van der Waals surface area (Å²) in [4.78, 5) is 8.12. The summed E-state index contributed by atoms with van der Waals surface area (Å²) in [6.07, 6.45) is 3.77. The van der Waals surface area contributed by atoms with Gasteiger partial charge < -0.3 is 15.7 Å². The number of nitrogens with one attached hydrogen (secondary N) is 2. The fourth-order valence-corrected chi connectivity index (χ4v) is 3.87. The SMILES string of the molecule is CCNC(=NCC(C)(O)c1cccs1)NCC(CC)N1CCCC1.I. The summed E-state index contributed by atoms with van der Waals surface area (Å²) in [6.45, 7) is 10.6. The zero-order valence-electron chi connectivity index (χ0n) is 15.6. The van der Waals surface area contributed by atoms with Crippen LogP contribution in [-0.2, 0) is 5.60 Å². The van der Waals surface area contributed by atoms with Crippen molar-refractivity contribution in [3.05, 3.63) is 22.4 Å². The molecule has 1 aliphatic heterocycles. The molecule has 0 saturated carbocycles. The minimum Gasteiger partial charge on any atom is -0.383 e. The van der Waals surface area contributed by atoms with E-state index in [1.165, 1.54) is 25.9 Å². The molecule has 1 aromatic heterocycles. The van der Waals surface area contributed by atoms with Crippen LogP contribution in [0.3, 0.4) is 0 Å². The van der Waals surface area contributed by atoms with Crippen molar-refractivity contribution in [2.45, 2.75) is 51.7 Å². The van der Waals surface area contributed by atoms with Gasteiger partial charge in [0.2, 0.25) is 0 Å². The number of hydrogen-bond acceptors (Lipinski definition) is 4. The highest BCUT2D eigenvalue weighted by atomic mass is 127. The van der Waals surface area contributed by atoms with Gasteiger partial charge in [0.05, 0.1) is 6.54 Å². The summed E-state index contributed by atoms with van der Waals surface area (Å²) in [5.74, 6) is 0.784. The number of likely N-dealkylation sites (tertiary alicyclic amines) is 1. The average Bonchev–Trinajstić information content (AvgIpc) is 3.26. The van der Waals surface area contributed by atoms with Crippen LogP contribution >= 0.6 is 35.3 Å². The molecule has 2 rings (SSSR count). The van der Waals surface area contributed by atoms with Crippen molar-refractivity contribution in [3.8, 4) is 0 Å². The van der Waals surface area contributed by atoms with Gasteiger partial charge in [0.1, 0.15) is 5.60 Å². The largest absolute Gasteiger partial charge is 0.383 e. The smallest absolute Gasteiger partial charge is 0.191 e. The second kappa shape index (κ2) is 11.4. The molecule has 0 spiro atoms. The summed E-state index contributed by atoms with van der Waals surface area (Å²) >= 11 is 1.57. The first-order valence-corrected chi connectivity index (χ1v) is 9.97. The van der Waals surface area contributed by atoms with E-state index in [2.05, 4.69) is 34.4 Å². The van der Waals surface area contributed by atoms with Crippen LogP contribution in [0.2, 0.25) is 0 Å². The van der Waals surface area contributed by atoms with Crippen LogP contribution < -0.4 is 10.6 Å². The highest BCUT2D eigenvalue weighted by Crippen LogP contribution is 2.25. The third-order valence-electron chi connectivity index (χ3n) is 4.57. The Morgan fingerprint density at radius 2 is 2.08 bits per heavy atom. The molecule has 1 aromatic rings. The number of aliphatic imine (C=N–C) groups is 1. The number of hydrogen-bond donors (Lipinski definition) is 3. The van der Waals surface area contributed by atoms with Gasteiger partial charge in [-0.2, -0.15) is 0 Å². The first kappa shape index (κ1) is 22.7. The van der Waals surface area contributed by atoms with Crippen molar-refractivity contribution in [2.24, 2.45) is 4.99 Å². The molecular weight excluding hydrogens is 447 g/mol. The molecular formula is C18H33IN4OS. The molecule has 1 aliphatic rings. The van der Waals surface area contributed by atoms with Gasteiger partial charge in [0.25, 0.3) is 0 Å². The van der Waals surface area contributed by atoms with Gasteiger partial charge in [0.15, 0.2) is 5.96 Å². The van der Waals surface area contributed by atoms with Gasteiger partial charge in [-0.05, 0) is 57.6 Å². The topological polar surface area (TPSA) is 59.9 Å². The standard InChI is InChI=1S/C18H32N4OS.HI/c1-4-15(22-10-6-7-11-22)13-20-17(19-5-2)21-14-18(3,23)16-9-8-12-24-16;/h8-9,12,15,23H,4-7,10-11,13-14H2,1-3H3,(H2,19,20,21);1H. The van der Waals surface area contributed by atoms with Gasteiger partial charge >= 0.3 is 0 Å². The van der Waals surface area contributed by atoms with Gasteiger partial charge in [0, 0.05) is 24.0 Å².